The van der Waals surface area contributed by atoms with Gasteiger partial charge in [-0.2, -0.15) is 0 Å². The first-order chi connectivity index (χ1) is 5.16. The van der Waals surface area contributed by atoms with Gasteiger partial charge in [-0.25, -0.2) is 0 Å². The highest BCUT2D eigenvalue weighted by Crippen LogP contribution is 2.23. The standard InChI is InChI=1S/C7H9N3O/c8-5-1-2-6(9)7(10)4(5)3-11/h1-3H,8-10H2. The zero-order chi connectivity index (χ0) is 8.43. The van der Waals surface area contributed by atoms with Gasteiger partial charge in [0.25, 0.3) is 0 Å². The summed E-state index contributed by atoms with van der Waals surface area (Å²) < 4.78 is 0. The number of carbonyl (C=O) groups is 1. The minimum atomic E-state index is 0.250. The highest BCUT2D eigenvalue weighted by Gasteiger charge is 2.04. The molecule has 0 bridgehead atoms. The second-order valence-corrected chi connectivity index (χ2v) is 2.19. The van der Waals surface area contributed by atoms with Crippen LogP contribution in [-0.2, 0) is 0 Å². The Hall–Kier alpha value is -1.71. The van der Waals surface area contributed by atoms with Gasteiger partial charge >= 0.3 is 0 Å². The lowest BCUT2D eigenvalue weighted by Gasteiger charge is -2.04. The lowest BCUT2D eigenvalue weighted by atomic mass is 10.1. The Labute approximate surface area is 64.0 Å². The second-order valence-electron chi connectivity index (χ2n) is 2.19. The maximum atomic E-state index is 10.4. The average molecular weight is 151 g/mol. The highest BCUT2D eigenvalue weighted by atomic mass is 16.1. The molecule has 0 saturated carbocycles. The number of anilines is 3. The molecule has 4 nitrogen and oxygen atoms in total. The van der Waals surface area contributed by atoms with Crippen LogP contribution < -0.4 is 17.2 Å². The number of aldehydes is 1. The lowest BCUT2D eigenvalue weighted by Crippen LogP contribution is -2.02. The van der Waals surface area contributed by atoms with Crippen LogP contribution in [0.15, 0.2) is 12.1 Å². The van der Waals surface area contributed by atoms with Crippen LogP contribution in [-0.4, -0.2) is 6.29 Å². The minimum absolute atomic E-state index is 0.250. The number of nitrogen functional groups attached to an aromatic ring is 3. The number of carbonyl (C=O) groups excluding carboxylic acids is 1. The molecule has 0 heterocycles. The molecule has 4 heteroatoms. The molecule has 0 unspecified atom stereocenters. The molecule has 6 N–H and O–H groups in total. The quantitative estimate of drug-likeness (QED) is 0.396. The van der Waals surface area contributed by atoms with Crippen molar-refractivity contribution in [2.45, 2.75) is 0 Å². The van der Waals surface area contributed by atoms with Gasteiger partial charge in [-0.1, -0.05) is 0 Å². The van der Waals surface area contributed by atoms with E-state index >= 15 is 0 Å². The molecule has 0 spiro atoms. The third kappa shape index (κ3) is 1.10. The molecule has 0 saturated heterocycles. The molecule has 58 valence electrons. The van der Waals surface area contributed by atoms with Crippen molar-refractivity contribution in [2.75, 3.05) is 17.2 Å². The summed E-state index contributed by atoms with van der Waals surface area (Å²) in [6, 6.07) is 3.12. The van der Waals surface area contributed by atoms with Gasteiger partial charge in [0.05, 0.1) is 16.9 Å². The maximum absolute atomic E-state index is 10.4. The van der Waals surface area contributed by atoms with Gasteiger partial charge in [0, 0.05) is 5.69 Å². The van der Waals surface area contributed by atoms with Crippen LogP contribution in [0.1, 0.15) is 10.4 Å². The Kier molecular flexibility index (Phi) is 1.68. The molecule has 0 atom stereocenters. The fourth-order valence-corrected chi connectivity index (χ4v) is 0.802. The van der Waals surface area contributed by atoms with Crippen molar-refractivity contribution in [1.29, 1.82) is 0 Å². The number of benzene rings is 1. The van der Waals surface area contributed by atoms with E-state index in [0.29, 0.717) is 17.7 Å². The van der Waals surface area contributed by atoms with Gasteiger partial charge in [-0.15, -0.1) is 0 Å². The van der Waals surface area contributed by atoms with E-state index in [9.17, 15) is 4.79 Å². The molecule has 1 rings (SSSR count). The molecular formula is C7H9N3O. The molecule has 0 aliphatic carbocycles. The molecule has 0 radical (unpaired) electrons. The minimum Gasteiger partial charge on any atom is -0.398 e. The SMILES string of the molecule is Nc1ccc(N)c(C=O)c1N. The van der Waals surface area contributed by atoms with Crippen molar-refractivity contribution in [2.24, 2.45) is 0 Å². The van der Waals surface area contributed by atoms with Crippen LogP contribution in [0.4, 0.5) is 17.1 Å². The van der Waals surface area contributed by atoms with E-state index in [1.807, 2.05) is 0 Å². The predicted molar refractivity (Wildman–Crippen MR) is 45.1 cm³/mol. The number of rotatable bonds is 1. The van der Waals surface area contributed by atoms with Gasteiger partial charge in [-0.3, -0.25) is 4.79 Å². The van der Waals surface area contributed by atoms with Crippen molar-refractivity contribution in [3.05, 3.63) is 17.7 Å². The van der Waals surface area contributed by atoms with Gasteiger partial charge in [0.2, 0.25) is 0 Å². The largest absolute Gasteiger partial charge is 0.398 e. The van der Waals surface area contributed by atoms with Gasteiger partial charge < -0.3 is 17.2 Å². The van der Waals surface area contributed by atoms with E-state index in [-0.39, 0.29) is 11.3 Å². The third-order valence-corrected chi connectivity index (χ3v) is 1.47. The summed E-state index contributed by atoms with van der Waals surface area (Å²) in [7, 11) is 0. The average Bonchev–Trinajstić information content (AvgIpc) is 1.99. The van der Waals surface area contributed by atoms with Crippen LogP contribution >= 0.6 is 0 Å². The summed E-state index contributed by atoms with van der Waals surface area (Å²) in [6.07, 6.45) is 0.598. The summed E-state index contributed by atoms with van der Waals surface area (Å²) in [5.41, 5.74) is 17.6. The Bertz CT molecular complexity index is 296. The maximum Gasteiger partial charge on any atom is 0.154 e. The molecule has 1 aromatic rings. The van der Waals surface area contributed by atoms with E-state index in [1.54, 1.807) is 12.1 Å². The molecule has 0 fully saturated rings. The summed E-state index contributed by atoms with van der Waals surface area (Å²) in [6.45, 7) is 0. The van der Waals surface area contributed by atoms with Crippen molar-refractivity contribution < 1.29 is 4.79 Å². The highest BCUT2D eigenvalue weighted by molar-refractivity contribution is 5.94. The zero-order valence-corrected chi connectivity index (χ0v) is 5.87. The smallest absolute Gasteiger partial charge is 0.154 e. The van der Waals surface area contributed by atoms with E-state index in [2.05, 4.69) is 0 Å². The monoisotopic (exact) mass is 151 g/mol. The normalized spacial score (nSPS) is 9.45. The Balaban J connectivity index is 3.40. The van der Waals surface area contributed by atoms with E-state index in [4.69, 9.17) is 17.2 Å². The van der Waals surface area contributed by atoms with E-state index in [0.717, 1.165) is 0 Å². The molecular weight excluding hydrogens is 142 g/mol. The Morgan fingerprint density at radius 3 is 2.09 bits per heavy atom. The number of hydrogen-bond donors (Lipinski definition) is 3. The first-order valence-electron chi connectivity index (χ1n) is 3.05. The van der Waals surface area contributed by atoms with E-state index in [1.165, 1.54) is 0 Å². The fourth-order valence-electron chi connectivity index (χ4n) is 0.802. The second kappa shape index (κ2) is 2.49. The number of nitrogens with two attached hydrogens (primary N) is 3. The molecule has 11 heavy (non-hydrogen) atoms. The summed E-state index contributed by atoms with van der Waals surface area (Å²) >= 11 is 0. The van der Waals surface area contributed by atoms with Crippen LogP contribution in [0.2, 0.25) is 0 Å². The molecule has 0 aliphatic heterocycles. The van der Waals surface area contributed by atoms with Crippen LogP contribution in [0.3, 0.4) is 0 Å². The van der Waals surface area contributed by atoms with Crippen LogP contribution in [0, 0.1) is 0 Å². The Morgan fingerprint density at radius 1 is 1.09 bits per heavy atom. The topological polar surface area (TPSA) is 95.1 Å². The van der Waals surface area contributed by atoms with Crippen LogP contribution in [0.25, 0.3) is 0 Å². The van der Waals surface area contributed by atoms with Gasteiger partial charge in [-0.05, 0) is 12.1 Å². The van der Waals surface area contributed by atoms with Crippen molar-refractivity contribution in [1.82, 2.24) is 0 Å². The van der Waals surface area contributed by atoms with Crippen molar-refractivity contribution in [3.8, 4) is 0 Å². The molecule has 0 aromatic heterocycles. The van der Waals surface area contributed by atoms with Crippen molar-refractivity contribution in [3.63, 3.8) is 0 Å². The summed E-state index contributed by atoms with van der Waals surface area (Å²) in [4.78, 5) is 10.4. The summed E-state index contributed by atoms with van der Waals surface area (Å²) in [5, 5.41) is 0. The van der Waals surface area contributed by atoms with Crippen LogP contribution in [0.5, 0.6) is 0 Å². The van der Waals surface area contributed by atoms with E-state index < -0.39 is 0 Å². The third-order valence-electron chi connectivity index (χ3n) is 1.47. The summed E-state index contributed by atoms with van der Waals surface area (Å²) in [5.74, 6) is 0. The number of hydrogen-bond acceptors (Lipinski definition) is 4. The lowest BCUT2D eigenvalue weighted by molar-refractivity contribution is 0.112. The fraction of sp³-hybridized carbons (Fsp3) is 0. The first kappa shape index (κ1) is 7.40. The molecule has 1 aromatic carbocycles. The van der Waals surface area contributed by atoms with Gasteiger partial charge in [0.1, 0.15) is 0 Å². The molecule has 0 amide bonds. The first-order valence-corrected chi connectivity index (χ1v) is 3.05. The molecule has 0 aliphatic rings. The zero-order valence-electron chi connectivity index (χ0n) is 5.87. The Morgan fingerprint density at radius 2 is 1.64 bits per heavy atom. The van der Waals surface area contributed by atoms with Crippen molar-refractivity contribution >= 4 is 23.3 Å². The predicted octanol–water partition coefficient (Wildman–Crippen LogP) is 0.246. The van der Waals surface area contributed by atoms with Gasteiger partial charge in [0.15, 0.2) is 6.29 Å².